The number of aromatic nitrogens is 4. The molecule has 1 atom stereocenters. The summed E-state index contributed by atoms with van der Waals surface area (Å²) in [6.07, 6.45) is 0. The van der Waals surface area contributed by atoms with Crippen LogP contribution >= 0.6 is 15.9 Å². The molecule has 23 heavy (non-hydrogen) atoms. The molecule has 5 nitrogen and oxygen atoms in total. The van der Waals surface area contributed by atoms with Crippen molar-refractivity contribution in [3.05, 3.63) is 58.6 Å². The molecule has 0 aliphatic carbocycles. The summed E-state index contributed by atoms with van der Waals surface area (Å²) in [5, 5.41) is 12.9. The fourth-order valence-corrected chi connectivity index (χ4v) is 2.98. The molecule has 0 saturated carbocycles. The molecule has 1 unspecified atom stereocenters. The monoisotopic (exact) mass is 367 g/mol. The van der Waals surface area contributed by atoms with Crippen molar-refractivity contribution in [2.75, 3.05) is 5.32 Å². The van der Waals surface area contributed by atoms with Gasteiger partial charge in [0.25, 0.3) is 0 Å². The van der Waals surface area contributed by atoms with Gasteiger partial charge in [-0.3, -0.25) is 0 Å². The number of hydrogen-bond donors (Lipinski definition) is 2. The quantitative estimate of drug-likeness (QED) is 0.561. The van der Waals surface area contributed by atoms with E-state index in [0.29, 0.717) is 5.95 Å². The smallest absolute Gasteiger partial charge is 0.245 e. The predicted octanol–water partition coefficient (Wildman–Crippen LogP) is 4.44. The number of anilines is 1. The number of aromatic amines is 1. The van der Waals surface area contributed by atoms with Crippen molar-refractivity contribution in [2.24, 2.45) is 0 Å². The molecule has 0 saturated heterocycles. The third-order valence-corrected chi connectivity index (χ3v) is 4.31. The van der Waals surface area contributed by atoms with E-state index < -0.39 is 0 Å². The molecule has 0 radical (unpaired) electrons. The van der Waals surface area contributed by atoms with Crippen molar-refractivity contribution in [3.63, 3.8) is 0 Å². The highest BCUT2D eigenvalue weighted by Crippen LogP contribution is 2.26. The molecule has 0 spiro atoms. The molecule has 4 aromatic rings. The predicted molar refractivity (Wildman–Crippen MR) is 95.4 cm³/mol. The van der Waals surface area contributed by atoms with Crippen LogP contribution in [0.15, 0.2) is 53.0 Å². The summed E-state index contributed by atoms with van der Waals surface area (Å²) in [6, 6.07) is 16.3. The van der Waals surface area contributed by atoms with Gasteiger partial charge in [0.15, 0.2) is 5.65 Å². The Bertz CT molecular complexity index is 980. The fraction of sp³-hybridized carbons (Fsp3) is 0.118. The Kier molecular flexibility index (Phi) is 3.46. The Morgan fingerprint density at radius 1 is 1.09 bits per heavy atom. The normalized spacial score (nSPS) is 12.6. The first kappa shape index (κ1) is 14.1. The lowest BCUT2D eigenvalue weighted by Crippen LogP contribution is -2.10. The average molecular weight is 368 g/mol. The van der Waals surface area contributed by atoms with Crippen LogP contribution in [0, 0.1) is 0 Å². The summed E-state index contributed by atoms with van der Waals surface area (Å²) < 4.78 is 1.01. The summed E-state index contributed by atoms with van der Waals surface area (Å²) in [4.78, 5) is 7.84. The van der Waals surface area contributed by atoms with Crippen molar-refractivity contribution < 1.29 is 0 Å². The Morgan fingerprint density at radius 2 is 1.91 bits per heavy atom. The largest absolute Gasteiger partial charge is 0.346 e. The topological polar surface area (TPSA) is 66.5 Å². The number of benzene rings is 2. The highest BCUT2D eigenvalue weighted by molar-refractivity contribution is 9.10. The van der Waals surface area contributed by atoms with E-state index in [4.69, 9.17) is 0 Å². The minimum Gasteiger partial charge on any atom is -0.346 e. The highest BCUT2D eigenvalue weighted by Gasteiger charge is 2.11. The van der Waals surface area contributed by atoms with E-state index in [2.05, 4.69) is 60.5 Å². The Labute approximate surface area is 141 Å². The van der Waals surface area contributed by atoms with Crippen LogP contribution in [0.2, 0.25) is 0 Å². The summed E-state index contributed by atoms with van der Waals surface area (Å²) in [7, 11) is 0. The van der Waals surface area contributed by atoms with E-state index in [9.17, 15) is 0 Å². The van der Waals surface area contributed by atoms with Gasteiger partial charge in [-0.25, -0.2) is 0 Å². The van der Waals surface area contributed by atoms with Gasteiger partial charge in [0.1, 0.15) is 5.52 Å². The van der Waals surface area contributed by atoms with Crippen LogP contribution < -0.4 is 5.32 Å². The zero-order valence-electron chi connectivity index (χ0n) is 12.4. The summed E-state index contributed by atoms with van der Waals surface area (Å²) in [5.74, 6) is 0.513. The molecule has 2 aromatic carbocycles. The maximum absolute atomic E-state index is 4.55. The molecule has 0 aliphatic heterocycles. The van der Waals surface area contributed by atoms with Gasteiger partial charge in [-0.2, -0.15) is 4.98 Å². The van der Waals surface area contributed by atoms with Gasteiger partial charge >= 0.3 is 0 Å². The zero-order valence-corrected chi connectivity index (χ0v) is 14.0. The average Bonchev–Trinajstić information content (AvgIpc) is 2.92. The molecule has 2 heterocycles. The molecule has 2 aromatic heterocycles. The van der Waals surface area contributed by atoms with Gasteiger partial charge < -0.3 is 10.3 Å². The minimum absolute atomic E-state index is 0.106. The lowest BCUT2D eigenvalue weighted by molar-refractivity contribution is 0.848. The van der Waals surface area contributed by atoms with E-state index in [1.54, 1.807) is 0 Å². The lowest BCUT2D eigenvalue weighted by Gasteiger charge is -2.13. The van der Waals surface area contributed by atoms with Crippen molar-refractivity contribution >= 4 is 43.9 Å². The molecular weight excluding hydrogens is 354 g/mol. The summed E-state index contributed by atoms with van der Waals surface area (Å²) in [6.45, 7) is 2.07. The second-order valence-corrected chi connectivity index (χ2v) is 6.34. The van der Waals surface area contributed by atoms with Gasteiger partial charge in [0, 0.05) is 15.4 Å². The summed E-state index contributed by atoms with van der Waals surface area (Å²) in [5.41, 5.74) is 3.69. The van der Waals surface area contributed by atoms with Crippen LogP contribution in [-0.4, -0.2) is 20.2 Å². The number of nitrogens with zero attached hydrogens (tertiary/aromatic N) is 3. The number of nitrogens with one attached hydrogen (secondary N) is 2. The SMILES string of the molecule is CC(Nc1nnc2c(n1)[nH]c1ccc(Br)cc12)c1ccccc1. The number of H-pyrrole nitrogens is 1. The van der Waals surface area contributed by atoms with E-state index in [1.165, 1.54) is 5.56 Å². The standard InChI is InChI=1S/C17H14BrN5/c1-10(11-5-3-2-4-6-11)19-17-21-16-15(22-23-17)13-9-12(18)7-8-14(13)20-16/h2-10H,1H3,(H2,19,20,21,23). The van der Waals surface area contributed by atoms with Crippen LogP contribution in [0.1, 0.15) is 18.5 Å². The third kappa shape index (κ3) is 2.66. The fourth-order valence-electron chi connectivity index (χ4n) is 2.62. The van der Waals surface area contributed by atoms with Crippen LogP contribution in [-0.2, 0) is 0 Å². The number of hydrogen-bond acceptors (Lipinski definition) is 4. The molecule has 6 heteroatoms. The molecule has 0 bridgehead atoms. The van der Waals surface area contributed by atoms with Gasteiger partial charge in [-0.15, -0.1) is 10.2 Å². The molecule has 0 fully saturated rings. The maximum atomic E-state index is 4.55. The zero-order chi connectivity index (χ0) is 15.8. The minimum atomic E-state index is 0.106. The number of fused-ring (bicyclic) bond motifs is 3. The van der Waals surface area contributed by atoms with E-state index in [0.717, 1.165) is 26.5 Å². The second-order valence-electron chi connectivity index (χ2n) is 5.42. The van der Waals surface area contributed by atoms with Gasteiger partial charge in [0.05, 0.1) is 6.04 Å². The molecule has 0 amide bonds. The van der Waals surface area contributed by atoms with Gasteiger partial charge in [-0.05, 0) is 30.7 Å². The van der Waals surface area contributed by atoms with Crippen LogP contribution in [0.3, 0.4) is 0 Å². The number of rotatable bonds is 3. The Hall–Kier alpha value is -2.47. The molecule has 2 N–H and O–H groups in total. The summed E-state index contributed by atoms with van der Waals surface area (Å²) >= 11 is 3.48. The van der Waals surface area contributed by atoms with Gasteiger partial charge in [-0.1, -0.05) is 46.3 Å². The first-order valence-electron chi connectivity index (χ1n) is 7.34. The van der Waals surface area contributed by atoms with Crippen molar-refractivity contribution in [3.8, 4) is 0 Å². The first-order chi connectivity index (χ1) is 11.2. The van der Waals surface area contributed by atoms with Crippen molar-refractivity contribution in [1.29, 1.82) is 0 Å². The van der Waals surface area contributed by atoms with Crippen molar-refractivity contribution in [1.82, 2.24) is 20.2 Å². The highest BCUT2D eigenvalue weighted by atomic mass is 79.9. The Balaban J connectivity index is 1.70. The molecule has 4 rings (SSSR count). The van der Waals surface area contributed by atoms with Crippen LogP contribution in [0.5, 0.6) is 0 Å². The van der Waals surface area contributed by atoms with E-state index in [1.807, 2.05) is 36.4 Å². The second kappa shape index (κ2) is 5.62. The molecule has 0 aliphatic rings. The molecule has 114 valence electrons. The lowest BCUT2D eigenvalue weighted by atomic mass is 10.1. The third-order valence-electron chi connectivity index (χ3n) is 3.82. The van der Waals surface area contributed by atoms with Crippen LogP contribution in [0.25, 0.3) is 22.1 Å². The first-order valence-corrected chi connectivity index (χ1v) is 8.13. The van der Waals surface area contributed by atoms with E-state index in [-0.39, 0.29) is 6.04 Å². The molecular formula is C17H14BrN5. The van der Waals surface area contributed by atoms with Crippen LogP contribution in [0.4, 0.5) is 5.95 Å². The maximum Gasteiger partial charge on any atom is 0.245 e. The van der Waals surface area contributed by atoms with Gasteiger partial charge in [0.2, 0.25) is 5.95 Å². The van der Waals surface area contributed by atoms with E-state index >= 15 is 0 Å². The van der Waals surface area contributed by atoms with Crippen molar-refractivity contribution in [2.45, 2.75) is 13.0 Å². The number of halogens is 1. The Morgan fingerprint density at radius 3 is 2.74 bits per heavy atom.